The lowest BCUT2D eigenvalue weighted by Crippen LogP contribution is -2.59. The zero-order chi connectivity index (χ0) is 34.8. The molecular formula is C36H66N3O7+. The Morgan fingerprint density at radius 1 is 1.15 bits per heavy atom. The molecule has 0 amide bonds. The maximum Gasteiger partial charge on any atom is 0.319 e. The Bertz CT molecular complexity index is 1080. The number of rotatable bonds is 7. The van der Waals surface area contributed by atoms with Crippen LogP contribution in [-0.2, 0) is 28.5 Å². The summed E-state index contributed by atoms with van der Waals surface area (Å²) in [6.45, 7) is 19.3. The summed E-state index contributed by atoms with van der Waals surface area (Å²) >= 11 is 0. The molecule has 2 saturated heterocycles. The fourth-order valence-electron chi connectivity index (χ4n) is 8.34. The maximum atomic E-state index is 14.4. The van der Waals surface area contributed by atoms with Gasteiger partial charge in [-0.2, -0.15) is 0 Å². The molecule has 10 nitrogen and oxygen atoms in total. The van der Waals surface area contributed by atoms with Gasteiger partial charge < -0.3 is 33.4 Å². The van der Waals surface area contributed by atoms with Crippen molar-refractivity contribution in [3.63, 3.8) is 0 Å². The van der Waals surface area contributed by atoms with Crippen molar-refractivity contribution in [2.45, 2.75) is 129 Å². The molecule has 266 valence electrons. The number of methoxy groups -OCH3 is 1. The van der Waals surface area contributed by atoms with Crippen LogP contribution in [0.1, 0.15) is 81.1 Å². The van der Waals surface area contributed by atoms with Gasteiger partial charge in [-0.1, -0.05) is 20.8 Å². The van der Waals surface area contributed by atoms with Crippen molar-refractivity contribution in [2.24, 2.45) is 17.3 Å². The topological polar surface area (TPSA) is 97.8 Å². The number of aliphatic hydroxyl groups excluding tert-OH is 1. The Morgan fingerprint density at radius 3 is 2.35 bits per heavy atom. The van der Waals surface area contributed by atoms with Gasteiger partial charge in [0.05, 0.1) is 50.5 Å². The van der Waals surface area contributed by atoms with Gasteiger partial charge in [-0.05, 0) is 92.6 Å². The number of carbonyl (C=O) groups excluding carboxylic acids is 2. The molecule has 0 spiro atoms. The van der Waals surface area contributed by atoms with Crippen LogP contribution in [0.5, 0.6) is 0 Å². The number of quaternary nitrogens is 1. The average Bonchev–Trinajstić information content (AvgIpc) is 2.97. The first kappa shape index (κ1) is 39.0. The van der Waals surface area contributed by atoms with Crippen LogP contribution in [0, 0.1) is 17.3 Å². The normalized spacial score (nSPS) is 42.1. The van der Waals surface area contributed by atoms with E-state index in [1.807, 2.05) is 39.8 Å². The molecule has 0 aromatic rings. The first-order valence-electron chi connectivity index (χ1n) is 17.5. The molecule has 3 rings (SSSR count). The molecule has 10 heteroatoms. The zero-order valence-electron chi connectivity index (χ0n) is 31.2. The molecule has 0 saturated carbocycles. The molecule has 0 bridgehead atoms. The van der Waals surface area contributed by atoms with Crippen LogP contribution in [0.25, 0.3) is 0 Å². The molecule has 1 N–H and O–H groups in total. The van der Waals surface area contributed by atoms with Crippen molar-refractivity contribution in [1.82, 2.24) is 9.80 Å². The van der Waals surface area contributed by atoms with E-state index < -0.39 is 47.5 Å². The van der Waals surface area contributed by atoms with Crippen LogP contribution in [0.15, 0.2) is 11.6 Å². The third-order valence-electron chi connectivity index (χ3n) is 11.1. The number of carbonyl (C=O) groups is 2. The third-order valence-corrected chi connectivity index (χ3v) is 11.1. The number of Topliss-reactive ketones (excluding diaryl/α,β-unsaturated/α-hetero) is 1. The van der Waals surface area contributed by atoms with E-state index in [1.54, 1.807) is 27.9 Å². The highest BCUT2D eigenvalue weighted by Crippen LogP contribution is 2.39. The van der Waals surface area contributed by atoms with E-state index in [-0.39, 0.29) is 29.9 Å². The minimum atomic E-state index is -1.43. The Labute approximate surface area is 279 Å². The van der Waals surface area contributed by atoms with Gasteiger partial charge in [-0.3, -0.25) is 14.5 Å². The Balaban J connectivity index is 2.03. The second-order valence-corrected chi connectivity index (χ2v) is 16.0. The number of hydrogen-bond donors (Lipinski definition) is 1. The quantitative estimate of drug-likeness (QED) is 0.190. The highest BCUT2D eigenvalue weighted by atomic mass is 16.7. The molecule has 3 heterocycles. The highest BCUT2D eigenvalue weighted by molar-refractivity contribution is 6.04. The molecular weight excluding hydrogens is 586 g/mol. The molecule has 11 atom stereocenters. The molecule has 0 aromatic carbocycles. The maximum absolute atomic E-state index is 14.4. The van der Waals surface area contributed by atoms with Gasteiger partial charge in [-0.15, -0.1) is 0 Å². The SMILES string of the molecule is CCC[N+]1(C)CC=C([C@H]2[C@@H](C)OC(=O)C(C)(C)C(=O)[C@H](C)[C@@H](OC3OC(C)C[C@@H](N(C)C)[C@H]3O)[C@](C)(OC)C[C@@H](C)CN2C)CC1. The lowest BCUT2D eigenvalue weighted by Gasteiger charge is -2.47. The monoisotopic (exact) mass is 652 g/mol. The number of ketones is 1. The van der Waals surface area contributed by atoms with E-state index in [4.69, 9.17) is 18.9 Å². The van der Waals surface area contributed by atoms with Gasteiger partial charge in [0.25, 0.3) is 0 Å². The fraction of sp³-hybridized carbons (Fsp3) is 0.889. The second kappa shape index (κ2) is 15.4. The predicted molar refractivity (Wildman–Crippen MR) is 180 cm³/mol. The Morgan fingerprint density at radius 2 is 1.80 bits per heavy atom. The van der Waals surface area contributed by atoms with Gasteiger partial charge in [0.1, 0.15) is 17.6 Å². The number of ether oxygens (including phenoxy) is 4. The second-order valence-electron chi connectivity index (χ2n) is 16.0. The number of esters is 1. The largest absolute Gasteiger partial charge is 0.460 e. The van der Waals surface area contributed by atoms with Gasteiger partial charge in [0, 0.05) is 32.0 Å². The van der Waals surface area contributed by atoms with Crippen molar-refractivity contribution in [3.8, 4) is 0 Å². The van der Waals surface area contributed by atoms with Crippen LogP contribution in [0.2, 0.25) is 0 Å². The molecule has 3 aliphatic rings. The van der Waals surface area contributed by atoms with E-state index in [0.29, 0.717) is 12.8 Å². The molecule has 3 unspecified atom stereocenters. The van der Waals surface area contributed by atoms with Crippen LogP contribution in [0.4, 0.5) is 0 Å². The number of cyclic esters (lactones) is 1. The van der Waals surface area contributed by atoms with Crippen molar-refractivity contribution in [2.75, 3.05) is 61.5 Å². The number of likely N-dealkylation sites (N-methyl/N-ethyl adjacent to an activating group) is 3. The average molecular weight is 653 g/mol. The summed E-state index contributed by atoms with van der Waals surface area (Å²) < 4.78 is 26.3. The minimum absolute atomic E-state index is 0.109. The highest BCUT2D eigenvalue weighted by Gasteiger charge is 2.52. The Hall–Kier alpha value is -1.40. The van der Waals surface area contributed by atoms with E-state index in [9.17, 15) is 14.7 Å². The molecule has 0 radical (unpaired) electrons. The fourth-order valence-corrected chi connectivity index (χ4v) is 8.34. The van der Waals surface area contributed by atoms with E-state index >= 15 is 0 Å². The summed E-state index contributed by atoms with van der Waals surface area (Å²) in [5.74, 6) is -1.45. The number of aliphatic hydroxyl groups is 1. The summed E-state index contributed by atoms with van der Waals surface area (Å²) in [4.78, 5) is 32.5. The minimum Gasteiger partial charge on any atom is -0.460 e. The van der Waals surface area contributed by atoms with Gasteiger partial charge in [0.2, 0.25) is 0 Å². The molecule has 46 heavy (non-hydrogen) atoms. The van der Waals surface area contributed by atoms with E-state index in [1.165, 1.54) is 5.57 Å². The van der Waals surface area contributed by atoms with Gasteiger partial charge >= 0.3 is 5.97 Å². The summed E-state index contributed by atoms with van der Waals surface area (Å²) in [6, 6.07) is -0.282. The molecule has 0 aliphatic carbocycles. The van der Waals surface area contributed by atoms with Gasteiger partial charge in [0.15, 0.2) is 12.1 Å². The van der Waals surface area contributed by atoms with E-state index in [2.05, 4.69) is 38.9 Å². The van der Waals surface area contributed by atoms with Crippen LogP contribution in [0.3, 0.4) is 0 Å². The summed E-state index contributed by atoms with van der Waals surface area (Å²) in [5, 5.41) is 11.4. The van der Waals surface area contributed by atoms with Crippen molar-refractivity contribution >= 4 is 11.8 Å². The van der Waals surface area contributed by atoms with Crippen molar-refractivity contribution < 1.29 is 38.1 Å². The lowest BCUT2D eigenvalue weighted by atomic mass is 9.74. The summed E-state index contributed by atoms with van der Waals surface area (Å²) in [5.41, 5.74) is -1.07. The van der Waals surface area contributed by atoms with Crippen LogP contribution >= 0.6 is 0 Å². The van der Waals surface area contributed by atoms with Crippen LogP contribution in [-0.4, -0.2) is 141 Å². The van der Waals surface area contributed by atoms with Crippen molar-refractivity contribution in [1.29, 1.82) is 0 Å². The number of nitrogens with zero attached hydrogens (tertiary/aromatic N) is 3. The predicted octanol–water partition coefficient (Wildman–Crippen LogP) is 3.89. The van der Waals surface area contributed by atoms with Crippen LogP contribution < -0.4 is 0 Å². The standard InChI is InChI=1S/C36H66N3O7/c1-14-17-39(12)18-15-27(16-19-39)29-26(5)45-34(42)35(6,7)31(41)25(4)32(36(8,43-13)21-23(2)22-38(29)11)46-33-30(40)28(37(9)10)20-24(3)44-33/h15,23-26,28-30,32-33,40H,14,16-22H2,1-13H3/q+1/t23-,24?,25+,26-,28-,29-,30-,32-,33?,36-,39?/m1/s1. The third kappa shape index (κ3) is 8.60. The summed E-state index contributed by atoms with van der Waals surface area (Å²) in [6.07, 6.45) is 2.38. The number of hydrogen-bond acceptors (Lipinski definition) is 9. The molecule has 0 aromatic heterocycles. The zero-order valence-corrected chi connectivity index (χ0v) is 31.2. The first-order chi connectivity index (χ1) is 21.3. The van der Waals surface area contributed by atoms with Gasteiger partial charge in [-0.25, -0.2) is 0 Å². The van der Waals surface area contributed by atoms with Crippen molar-refractivity contribution in [3.05, 3.63) is 11.6 Å². The smallest absolute Gasteiger partial charge is 0.319 e. The lowest BCUT2D eigenvalue weighted by molar-refractivity contribution is -0.905. The van der Waals surface area contributed by atoms with E-state index in [0.717, 1.165) is 43.5 Å². The Kier molecular flexibility index (Phi) is 13.1. The summed E-state index contributed by atoms with van der Waals surface area (Å²) in [7, 11) is 9.93. The molecule has 3 aliphatic heterocycles. The first-order valence-corrected chi connectivity index (χ1v) is 17.5. The molecule has 2 fully saturated rings.